The third-order valence-electron chi connectivity index (χ3n) is 6.46. The van der Waals surface area contributed by atoms with Crippen LogP contribution in [0.4, 0.5) is 0 Å². The Morgan fingerprint density at radius 3 is 1.74 bits per heavy atom. The van der Waals surface area contributed by atoms with E-state index in [2.05, 4.69) is 71.9 Å². The molecule has 2 nitrogen and oxygen atoms in total. The maximum absolute atomic E-state index is 6.01. The number of fused-ring (bicyclic) bond motifs is 3. The first-order valence-corrected chi connectivity index (χ1v) is 12.5. The van der Waals surface area contributed by atoms with Gasteiger partial charge in [0.1, 0.15) is 5.75 Å². The van der Waals surface area contributed by atoms with Gasteiger partial charge in [0.25, 0.3) is 0 Å². The van der Waals surface area contributed by atoms with Crippen LogP contribution in [0.2, 0.25) is 0 Å². The zero-order valence-electron chi connectivity index (χ0n) is 20.1. The van der Waals surface area contributed by atoms with Gasteiger partial charge in [0.2, 0.25) is 0 Å². The molecule has 0 N–H and O–H groups in total. The van der Waals surface area contributed by atoms with Crippen molar-refractivity contribution in [1.29, 1.82) is 0 Å². The van der Waals surface area contributed by atoms with Crippen molar-refractivity contribution in [3.05, 3.63) is 71.8 Å². The molecule has 172 valence electrons. The lowest BCUT2D eigenvalue weighted by Crippen LogP contribution is -1.98. The molecule has 0 saturated carbocycles. The SMILES string of the molecule is C#Cc1ccc2c(c1)c1cc(C#C)ccc1n2-c1ccc(OCCCCCCCCCC)cc1. The Kier molecular flexibility index (Phi) is 7.95. The Labute approximate surface area is 203 Å². The topological polar surface area (TPSA) is 14.2 Å². The van der Waals surface area contributed by atoms with Crippen molar-refractivity contribution in [2.45, 2.75) is 58.3 Å². The van der Waals surface area contributed by atoms with Crippen LogP contribution in [0, 0.1) is 24.7 Å². The Hall–Kier alpha value is -3.62. The van der Waals surface area contributed by atoms with Gasteiger partial charge in [-0.25, -0.2) is 0 Å². The predicted octanol–water partition coefficient (Wildman–Crippen LogP) is 8.27. The lowest BCUT2D eigenvalue weighted by Gasteiger charge is -2.10. The molecule has 0 aliphatic carbocycles. The van der Waals surface area contributed by atoms with Crippen molar-refractivity contribution in [2.24, 2.45) is 0 Å². The fraction of sp³-hybridized carbons (Fsp3) is 0.312. The fourth-order valence-electron chi connectivity index (χ4n) is 4.60. The van der Waals surface area contributed by atoms with Crippen LogP contribution in [0.5, 0.6) is 5.75 Å². The molecule has 3 aromatic carbocycles. The van der Waals surface area contributed by atoms with Crippen LogP contribution in [-0.4, -0.2) is 11.2 Å². The van der Waals surface area contributed by atoms with Crippen molar-refractivity contribution in [3.8, 4) is 36.1 Å². The van der Waals surface area contributed by atoms with Crippen molar-refractivity contribution in [2.75, 3.05) is 6.61 Å². The van der Waals surface area contributed by atoms with E-state index in [-0.39, 0.29) is 0 Å². The summed E-state index contributed by atoms with van der Waals surface area (Å²) >= 11 is 0. The largest absolute Gasteiger partial charge is 0.494 e. The van der Waals surface area contributed by atoms with E-state index >= 15 is 0 Å². The fourth-order valence-corrected chi connectivity index (χ4v) is 4.60. The highest BCUT2D eigenvalue weighted by atomic mass is 16.5. The van der Waals surface area contributed by atoms with Gasteiger partial charge < -0.3 is 9.30 Å². The molecule has 0 fully saturated rings. The number of benzene rings is 3. The van der Waals surface area contributed by atoms with E-state index < -0.39 is 0 Å². The van der Waals surface area contributed by atoms with Crippen molar-refractivity contribution in [1.82, 2.24) is 4.57 Å². The minimum absolute atomic E-state index is 0.771. The third-order valence-corrected chi connectivity index (χ3v) is 6.46. The van der Waals surface area contributed by atoms with Crippen molar-refractivity contribution in [3.63, 3.8) is 0 Å². The zero-order valence-corrected chi connectivity index (χ0v) is 20.1. The van der Waals surface area contributed by atoms with Gasteiger partial charge in [-0.3, -0.25) is 0 Å². The van der Waals surface area contributed by atoms with Crippen LogP contribution in [-0.2, 0) is 0 Å². The molecule has 4 rings (SSSR count). The molecular weight excluding hydrogens is 414 g/mol. The van der Waals surface area contributed by atoms with Crippen LogP contribution in [0.3, 0.4) is 0 Å². The van der Waals surface area contributed by atoms with E-state index in [1.54, 1.807) is 0 Å². The minimum atomic E-state index is 0.771. The summed E-state index contributed by atoms with van der Waals surface area (Å²) in [4.78, 5) is 0. The van der Waals surface area contributed by atoms with Gasteiger partial charge in [-0.2, -0.15) is 0 Å². The Morgan fingerprint density at radius 2 is 1.21 bits per heavy atom. The molecule has 0 bridgehead atoms. The Bertz CT molecular complexity index is 1260. The van der Waals surface area contributed by atoms with Gasteiger partial charge in [-0.05, 0) is 67.1 Å². The number of hydrogen-bond acceptors (Lipinski definition) is 1. The molecule has 0 spiro atoms. The molecule has 0 radical (unpaired) electrons. The lowest BCUT2D eigenvalue weighted by molar-refractivity contribution is 0.304. The number of aromatic nitrogens is 1. The smallest absolute Gasteiger partial charge is 0.119 e. The number of ether oxygens (including phenoxy) is 1. The maximum atomic E-state index is 6.01. The summed E-state index contributed by atoms with van der Waals surface area (Å²) in [6.45, 7) is 3.03. The van der Waals surface area contributed by atoms with Crippen molar-refractivity contribution >= 4 is 21.8 Å². The van der Waals surface area contributed by atoms with Crippen LogP contribution in [0.25, 0.3) is 27.5 Å². The second kappa shape index (κ2) is 11.5. The summed E-state index contributed by atoms with van der Waals surface area (Å²) < 4.78 is 8.26. The summed E-state index contributed by atoms with van der Waals surface area (Å²) in [5.74, 6) is 6.41. The van der Waals surface area contributed by atoms with E-state index in [0.717, 1.165) is 57.4 Å². The van der Waals surface area contributed by atoms with Crippen LogP contribution < -0.4 is 4.74 Å². The van der Waals surface area contributed by atoms with Crippen LogP contribution in [0.1, 0.15) is 69.4 Å². The van der Waals surface area contributed by atoms with E-state index in [0.29, 0.717) is 0 Å². The van der Waals surface area contributed by atoms with Crippen LogP contribution in [0.15, 0.2) is 60.7 Å². The number of unbranched alkanes of at least 4 members (excludes halogenated alkanes) is 7. The maximum Gasteiger partial charge on any atom is 0.119 e. The third kappa shape index (κ3) is 5.30. The Balaban J connectivity index is 1.47. The molecule has 0 unspecified atom stereocenters. The average Bonchev–Trinajstić information content (AvgIpc) is 3.20. The molecule has 1 aromatic heterocycles. The number of terminal acetylenes is 2. The highest BCUT2D eigenvalue weighted by Crippen LogP contribution is 2.33. The molecule has 34 heavy (non-hydrogen) atoms. The zero-order chi connectivity index (χ0) is 23.8. The summed E-state index contributed by atoms with van der Waals surface area (Å²) in [5, 5.41) is 2.22. The molecule has 0 atom stereocenters. The molecule has 0 aliphatic rings. The minimum Gasteiger partial charge on any atom is -0.494 e. The number of hydrogen-bond donors (Lipinski definition) is 0. The Morgan fingerprint density at radius 1 is 0.676 bits per heavy atom. The second-order valence-corrected chi connectivity index (χ2v) is 8.91. The monoisotopic (exact) mass is 447 g/mol. The molecular formula is C32H33NO. The standard InChI is InChI=1S/C32H33NO/c1-4-7-8-9-10-11-12-13-22-34-28-18-16-27(17-19-28)33-31-20-14-25(5-2)23-29(31)30-24-26(6-3)15-21-32(30)33/h2-3,14-21,23-24H,4,7-13,22H2,1H3. The molecule has 0 amide bonds. The summed E-state index contributed by atoms with van der Waals surface area (Å²) in [7, 11) is 0. The molecule has 2 heteroatoms. The second-order valence-electron chi connectivity index (χ2n) is 8.91. The normalized spacial score (nSPS) is 10.9. The number of nitrogens with zero attached hydrogens (tertiary/aromatic N) is 1. The summed E-state index contributed by atoms with van der Waals surface area (Å²) in [6.07, 6.45) is 21.8. The average molecular weight is 448 g/mol. The summed E-state index contributed by atoms with van der Waals surface area (Å²) in [6, 6.07) is 20.6. The first kappa shape index (κ1) is 23.5. The first-order chi connectivity index (χ1) is 16.7. The van der Waals surface area contributed by atoms with E-state index in [4.69, 9.17) is 17.6 Å². The van der Waals surface area contributed by atoms with Gasteiger partial charge in [0.05, 0.1) is 17.6 Å². The molecule has 4 aromatic rings. The van der Waals surface area contributed by atoms with Gasteiger partial charge in [-0.1, -0.05) is 63.7 Å². The van der Waals surface area contributed by atoms with E-state index in [9.17, 15) is 0 Å². The van der Waals surface area contributed by atoms with E-state index in [1.165, 1.54) is 44.9 Å². The highest BCUT2D eigenvalue weighted by Gasteiger charge is 2.13. The highest BCUT2D eigenvalue weighted by molar-refractivity contribution is 6.10. The quantitative estimate of drug-likeness (QED) is 0.167. The molecule has 1 heterocycles. The molecule has 0 saturated heterocycles. The molecule has 0 aliphatic heterocycles. The van der Waals surface area contributed by atoms with Crippen molar-refractivity contribution < 1.29 is 4.74 Å². The number of rotatable bonds is 11. The predicted molar refractivity (Wildman–Crippen MR) is 145 cm³/mol. The van der Waals surface area contributed by atoms with Gasteiger partial charge in [0, 0.05) is 27.6 Å². The first-order valence-electron chi connectivity index (χ1n) is 12.5. The van der Waals surface area contributed by atoms with E-state index in [1.807, 2.05) is 12.1 Å². The van der Waals surface area contributed by atoms with Gasteiger partial charge in [0.15, 0.2) is 0 Å². The van der Waals surface area contributed by atoms with Crippen LogP contribution >= 0.6 is 0 Å². The van der Waals surface area contributed by atoms with Gasteiger partial charge in [-0.15, -0.1) is 12.8 Å². The van der Waals surface area contributed by atoms with Gasteiger partial charge >= 0.3 is 0 Å². The lowest BCUT2D eigenvalue weighted by atomic mass is 10.1. The summed E-state index contributed by atoms with van der Waals surface area (Å²) in [5.41, 5.74) is 5.03.